The van der Waals surface area contributed by atoms with Gasteiger partial charge in [-0.3, -0.25) is 19.8 Å². The lowest BCUT2D eigenvalue weighted by Gasteiger charge is -2.34. The molecule has 136 valence electrons. The van der Waals surface area contributed by atoms with Gasteiger partial charge in [-0.2, -0.15) is 0 Å². The normalized spacial score (nSPS) is 23.5. The van der Waals surface area contributed by atoms with Gasteiger partial charge in [0.25, 0.3) is 0 Å². The van der Waals surface area contributed by atoms with E-state index in [2.05, 4.69) is 10.6 Å². The molecule has 1 saturated heterocycles. The second-order valence-electron chi connectivity index (χ2n) is 6.71. The first kappa shape index (κ1) is 18.7. The number of carbonyl (C=O) groups is 3. The van der Waals surface area contributed by atoms with Gasteiger partial charge >= 0.3 is 12.0 Å². The van der Waals surface area contributed by atoms with Gasteiger partial charge in [0.15, 0.2) is 0 Å². The molecule has 0 radical (unpaired) electrons. The number of imide groups is 1. The summed E-state index contributed by atoms with van der Waals surface area (Å²) < 4.78 is 5.08. The number of hydrogen-bond acceptors (Lipinski definition) is 5. The maximum Gasteiger partial charge on any atom is 0.321 e. The van der Waals surface area contributed by atoms with Crippen LogP contribution in [-0.2, 0) is 14.3 Å². The molecule has 7 nitrogen and oxygen atoms in total. The molecule has 0 aromatic carbocycles. The van der Waals surface area contributed by atoms with Crippen LogP contribution in [0.5, 0.6) is 0 Å². The number of nitrogens with zero attached hydrogens (tertiary/aromatic N) is 1. The van der Waals surface area contributed by atoms with Crippen molar-refractivity contribution in [1.82, 2.24) is 15.5 Å². The molecular weight excluding hydrogens is 310 g/mol. The summed E-state index contributed by atoms with van der Waals surface area (Å²) in [6.07, 6.45) is 5.83. The van der Waals surface area contributed by atoms with E-state index in [0.29, 0.717) is 13.2 Å². The van der Waals surface area contributed by atoms with Gasteiger partial charge in [0.05, 0.1) is 18.6 Å². The number of ether oxygens (including phenoxy) is 1. The molecule has 2 fully saturated rings. The van der Waals surface area contributed by atoms with Crippen molar-refractivity contribution in [3.63, 3.8) is 0 Å². The Morgan fingerprint density at radius 1 is 1.17 bits per heavy atom. The predicted molar refractivity (Wildman–Crippen MR) is 89.3 cm³/mol. The van der Waals surface area contributed by atoms with E-state index < -0.39 is 12.1 Å². The number of piperidine rings is 1. The smallest absolute Gasteiger partial charge is 0.321 e. The van der Waals surface area contributed by atoms with Crippen LogP contribution in [0.25, 0.3) is 0 Å². The molecule has 7 heteroatoms. The van der Waals surface area contributed by atoms with E-state index in [4.69, 9.17) is 4.74 Å². The summed E-state index contributed by atoms with van der Waals surface area (Å²) in [5.41, 5.74) is 0. The zero-order valence-corrected chi connectivity index (χ0v) is 14.7. The summed E-state index contributed by atoms with van der Waals surface area (Å²) in [6.45, 7) is 5.17. The van der Waals surface area contributed by atoms with Crippen LogP contribution >= 0.6 is 0 Å². The summed E-state index contributed by atoms with van der Waals surface area (Å²) in [4.78, 5) is 38.1. The topological polar surface area (TPSA) is 87.7 Å². The highest BCUT2D eigenvalue weighted by atomic mass is 16.5. The second-order valence-corrected chi connectivity index (χ2v) is 6.71. The molecule has 2 aliphatic rings. The molecule has 1 heterocycles. The minimum atomic E-state index is -0.448. The van der Waals surface area contributed by atoms with Gasteiger partial charge in [0.2, 0.25) is 5.91 Å². The Morgan fingerprint density at radius 3 is 2.54 bits per heavy atom. The Hall–Kier alpha value is -1.63. The fraction of sp³-hybridized carbons (Fsp3) is 0.824. The maximum atomic E-state index is 12.3. The van der Waals surface area contributed by atoms with Crippen molar-refractivity contribution in [3.8, 4) is 0 Å². The number of urea groups is 1. The number of esters is 1. The van der Waals surface area contributed by atoms with E-state index >= 15 is 0 Å². The van der Waals surface area contributed by atoms with Crippen LogP contribution in [0.3, 0.4) is 0 Å². The van der Waals surface area contributed by atoms with E-state index in [1.807, 2.05) is 4.90 Å². The lowest BCUT2D eigenvalue weighted by Crippen LogP contribution is -2.53. The van der Waals surface area contributed by atoms with Crippen molar-refractivity contribution in [2.75, 3.05) is 19.7 Å². The molecule has 1 aliphatic heterocycles. The zero-order valence-electron chi connectivity index (χ0n) is 14.7. The number of carbonyl (C=O) groups excluding carboxylic acids is 3. The van der Waals surface area contributed by atoms with Crippen molar-refractivity contribution in [2.24, 2.45) is 5.92 Å². The van der Waals surface area contributed by atoms with Gasteiger partial charge in [-0.05, 0) is 46.1 Å². The zero-order chi connectivity index (χ0) is 17.5. The van der Waals surface area contributed by atoms with Crippen molar-refractivity contribution >= 4 is 17.9 Å². The maximum absolute atomic E-state index is 12.3. The third kappa shape index (κ3) is 5.19. The Balaban J connectivity index is 1.80. The van der Waals surface area contributed by atoms with Crippen LogP contribution in [-0.4, -0.2) is 54.6 Å². The van der Waals surface area contributed by atoms with E-state index in [1.54, 1.807) is 13.8 Å². The highest BCUT2D eigenvalue weighted by Gasteiger charge is 2.32. The molecule has 24 heavy (non-hydrogen) atoms. The highest BCUT2D eigenvalue weighted by molar-refractivity contribution is 5.96. The number of rotatable bonds is 5. The van der Waals surface area contributed by atoms with Crippen molar-refractivity contribution < 1.29 is 19.1 Å². The largest absolute Gasteiger partial charge is 0.466 e. The summed E-state index contributed by atoms with van der Waals surface area (Å²) in [5.74, 6) is -0.718. The van der Waals surface area contributed by atoms with E-state index in [0.717, 1.165) is 45.1 Å². The molecule has 2 unspecified atom stereocenters. The third-order valence-corrected chi connectivity index (χ3v) is 4.93. The first-order chi connectivity index (χ1) is 11.5. The molecule has 0 aromatic heterocycles. The summed E-state index contributed by atoms with van der Waals surface area (Å²) in [5, 5.41) is 5.27. The average Bonchev–Trinajstić information content (AvgIpc) is 3.07. The van der Waals surface area contributed by atoms with Crippen LogP contribution in [0.15, 0.2) is 0 Å². The minimum absolute atomic E-state index is 0.177. The first-order valence-electron chi connectivity index (χ1n) is 9.03. The lowest BCUT2D eigenvalue weighted by molar-refractivity contribution is -0.151. The predicted octanol–water partition coefficient (Wildman–Crippen LogP) is 1.42. The first-order valence-corrected chi connectivity index (χ1v) is 9.03. The summed E-state index contributed by atoms with van der Waals surface area (Å²) in [7, 11) is 0. The van der Waals surface area contributed by atoms with Crippen molar-refractivity contribution in [3.05, 3.63) is 0 Å². The molecule has 2 rings (SSSR count). The van der Waals surface area contributed by atoms with Crippen LogP contribution in [0, 0.1) is 5.92 Å². The fourth-order valence-corrected chi connectivity index (χ4v) is 3.48. The van der Waals surface area contributed by atoms with Crippen LogP contribution in [0.4, 0.5) is 4.79 Å². The van der Waals surface area contributed by atoms with E-state index in [-0.39, 0.29) is 23.8 Å². The van der Waals surface area contributed by atoms with Gasteiger partial charge in [0, 0.05) is 12.6 Å². The van der Waals surface area contributed by atoms with Gasteiger partial charge in [0.1, 0.15) is 0 Å². The van der Waals surface area contributed by atoms with E-state index in [9.17, 15) is 14.4 Å². The van der Waals surface area contributed by atoms with E-state index in [1.165, 1.54) is 0 Å². The standard InChI is InChI=1S/C17H29N3O4/c1-3-24-16(22)13-7-6-10-20(11-13)12(2)15(21)19-17(23)18-14-8-4-5-9-14/h12-14H,3-11H2,1-2H3,(H2,18,19,21,23). The average molecular weight is 339 g/mol. The Kier molecular flexibility index (Phi) is 7.02. The van der Waals surface area contributed by atoms with Crippen molar-refractivity contribution in [1.29, 1.82) is 0 Å². The molecule has 1 saturated carbocycles. The third-order valence-electron chi connectivity index (χ3n) is 4.93. The number of amides is 3. The van der Waals surface area contributed by atoms with Crippen LogP contribution in [0.1, 0.15) is 52.4 Å². The Morgan fingerprint density at radius 2 is 1.88 bits per heavy atom. The molecule has 0 aromatic rings. The van der Waals surface area contributed by atoms with Crippen LogP contribution in [0.2, 0.25) is 0 Å². The molecular formula is C17H29N3O4. The van der Waals surface area contributed by atoms with Crippen LogP contribution < -0.4 is 10.6 Å². The monoisotopic (exact) mass is 339 g/mol. The quantitative estimate of drug-likeness (QED) is 0.740. The van der Waals surface area contributed by atoms with Gasteiger partial charge in [-0.25, -0.2) is 4.79 Å². The molecule has 2 N–H and O–H groups in total. The highest BCUT2D eigenvalue weighted by Crippen LogP contribution is 2.20. The SMILES string of the molecule is CCOC(=O)C1CCCN(C(C)C(=O)NC(=O)NC2CCCC2)C1. The molecule has 0 bridgehead atoms. The number of hydrogen-bond donors (Lipinski definition) is 2. The lowest BCUT2D eigenvalue weighted by atomic mass is 9.97. The molecule has 0 spiro atoms. The molecule has 1 aliphatic carbocycles. The molecule has 2 atom stereocenters. The Bertz CT molecular complexity index is 463. The summed E-state index contributed by atoms with van der Waals surface area (Å²) >= 11 is 0. The van der Waals surface area contributed by atoms with Gasteiger partial charge < -0.3 is 10.1 Å². The van der Waals surface area contributed by atoms with Gasteiger partial charge in [-0.15, -0.1) is 0 Å². The van der Waals surface area contributed by atoms with Gasteiger partial charge in [-0.1, -0.05) is 12.8 Å². The molecule has 3 amide bonds. The second kappa shape index (κ2) is 9.01. The Labute approximate surface area is 143 Å². The minimum Gasteiger partial charge on any atom is -0.466 e. The fourth-order valence-electron chi connectivity index (χ4n) is 3.48. The number of nitrogens with one attached hydrogen (secondary N) is 2. The summed E-state index contributed by atoms with van der Waals surface area (Å²) in [6, 6.07) is -0.689. The van der Waals surface area contributed by atoms with Crippen molar-refractivity contribution in [2.45, 2.75) is 64.5 Å². The number of likely N-dealkylation sites (tertiary alicyclic amines) is 1.